The molecule has 2 aliphatic rings. The Morgan fingerprint density at radius 3 is 2.37 bits per heavy atom. The summed E-state index contributed by atoms with van der Waals surface area (Å²) in [5.74, 6) is 0.695. The Hall–Kier alpha value is -1.68. The Morgan fingerprint density at radius 2 is 1.63 bits per heavy atom. The van der Waals surface area contributed by atoms with Gasteiger partial charge in [0.05, 0.1) is 6.61 Å². The van der Waals surface area contributed by atoms with Crippen molar-refractivity contribution in [3.63, 3.8) is 0 Å². The van der Waals surface area contributed by atoms with Gasteiger partial charge in [0.1, 0.15) is 5.60 Å². The van der Waals surface area contributed by atoms with Gasteiger partial charge in [-0.3, -0.25) is 0 Å². The van der Waals surface area contributed by atoms with Gasteiger partial charge in [-0.1, -0.05) is 48.5 Å². The summed E-state index contributed by atoms with van der Waals surface area (Å²) >= 11 is 1.98. The zero-order chi connectivity index (χ0) is 18.7. The van der Waals surface area contributed by atoms with E-state index in [2.05, 4.69) is 59.9 Å². The van der Waals surface area contributed by atoms with Crippen LogP contribution in [-0.2, 0) is 16.8 Å². The van der Waals surface area contributed by atoms with Crippen LogP contribution in [0.1, 0.15) is 47.6 Å². The third kappa shape index (κ3) is 3.56. The Labute approximate surface area is 166 Å². The average molecular weight is 380 g/mol. The highest BCUT2D eigenvalue weighted by molar-refractivity contribution is 7.19. The van der Waals surface area contributed by atoms with Gasteiger partial charge in [0.2, 0.25) is 0 Å². The second-order valence-corrected chi connectivity index (χ2v) is 8.74. The van der Waals surface area contributed by atoms with Gasteiger partial charge in [-0.05, 0) is 74.7 Å². The molecular weight excluding hydrogens is 350 g/mol. The second kappa shape index (κ2) is 8.14. The number of hydrogen-bond donors (Lipinski definition) is 1. The summed E-state index contributed by atoms with van der Waals surface area (Å²) in [4.78, 5) is 1.53. The molecule has 0 amide bonds. The number of rotatable bonds is 1. The van der Waals surface area contributed by atoms with E-state index in [1.54, 1.807) is 5.56 Å². The zero-order valence-electron chi connectivity index (χ0n) is 16.3. The number of nitrogens with one attached hydrogen (secondary N) is 1. The summed E-state index contributed by atoms with van der Waals surface area (Å²) in [5, 5.41) is 4.21. The molecular formula is C24H29NOS. The lowest BCUT2D eigenvalue weighted by atomic mass is 9.73. The highest BCUT2D eigenvalue weighted by Crippen LogP contribution is 2.52. The monoisotopic (exact) mass is 379 g/mol. The van der Waals surface area contributed by atoms with E-state index in [9.17, 15) is 0 Å². The van der Waals surface area contributed by atoms with Crippen LogP contribution in [0.25, 0.3) is 10.1 Å². The molecule has 1 saturated carbocycles. The van der Waals surface area contributed by atoms with Gasteiger partial charge in [-0.25, -0.2) is 0 Å². The number of fused-ring (bicyclic) bond motifs is 4. The normalized spacial score (nSPS) is 24.3. The molecule has 1 spiro atoms. The predicted octanol–water partition coefficient (Wildman–Crippen LogP) is 5.86. The van der Waals surface area contributed by atoms with E-state index >= 15 is 0 Å². The minimum Gasteiger partial charge on any atom is -0.369 e. The highest BCUT2D eigenvalue weighted by atomic mass is 32.1. The molecule has 1 aliphatic carbocycles. The van der Waals surface area contributed by atoms with Crippen LogP contribution in [0, 0.1) is 0 Å². The maximum absolute atomic E-state index is 6.46. The Balaban J connectivity index is 0.000000565. The van der Waals surface area contributed by atoms with Crippen molar-refractivity contribution in [2.75, 3.05) is 20.7 Å². The fraction of sp³-hybridized carbons (Fsp3) is 0.417. The first-order valence-corrected chi connectivity index (χ1v) is 10.9. The van der Waals surface area contributed by atoms with Gasteiger partial charge >= 0.3 is 0 Å². The van der Waals surface area contributed by atoms with Crippen LogP contribution in [0.2, 0.25) is 0 Å². The Kier molecular flexibility index (Phi) is 5.63. The van der Waals surface area contributed by atoms with Crippen molar-refractivity contribution < 1.29 is 4.74 Å². The average Bonchev–Trinajstić information content (AvgIpc) is 3.11. The van der Waals surface area contributed by atoms with Crippen LogP contribution >= 0.6 is 11.3 Å². The molecule has 2 nitrogen and oxygen atoms in total. The highest BCUT2D eigenvalue weighted by Gasteiger charge is 2.43. The van der Waals surface area contributed by atoms with E-state index in [-0.39, 0.29) is 5.60 Å². The smallest absolute Gasteiger partial charge is 0.103 e. The Bertz CT molecular complexity index is 878. The van der Waals surface area contributed by atoms with Crippen molar-refractivity contribution in [2.24, 2.45) is 0 Å². The van der Waals surface area contributed by atoms with E-state index in [1.807, 2.05) is 25.4 Å². The Morgan fingerprint density at radius 1 is 0.963 bits per heavy atom. The van der Waals surface area contributed by atoms with Crippen molar-refractivity contribution in [2.45, 2.75) is 43.6 Å². The number of thiophene rings is 1. The summed E-state index contributed by atoms with van der Waals surface area (Å²) in [6.07, 6.45) is 5.86. The summed E-state index contributed by atoms with van der Waals surface area (Å²) in [5.41, 5.74) is 3.06. The summed E-state index contributed by atoms with van der Waals surface area (Å²) in [6, 6.07) is 19.9. The van der Waals surface area contributed by atoms with Crippen LogP contribution in [0.3, 0.4) is 0 Å². The van der Waals surface area contributed by atoms with Crippen LogP contribution in [0.5, 0.6) is 0 Å². The van der Waals surface area contributed by atoms with Crippen molar-refractivity contribution in [3.05, 3.63) is 70.6 Å². The molecule has 0 atom stereocenters. The molecule has 5 rings (SSSR count). The first kappa shape index (κ1) is 18.7. The predicted molar refractivity (Wildman–Crippen MR) is 116 cm³/mol. The first-order valence-electron chi connectivity index (χ1n) is 10.1. The van der Waals surface area contributed by atoms with Crippen molar-refractivity contribution in [1.82, 2.24) is 5.32 Å². The molecule has 0 bridgehead atoms. The standard InChI is InChI=1S/C22H22OS.C2H7N/c1-2-6-16(7-3-1)17-10-13-22(14-11-17)21-19(12-15-23-22)18-8-4-5-9-20(18)24-21;1-3-2/h1-9,17H,10-15H2;3H,1-2H3. The van der Waals surface area contributed by atoms with Crippen LogP contribution in [0.15, 0.2) is 54.6 Å². The van der Waals surface area contributed by atoms with Crippen molar-refractivity contribution in [3.8, 4) is 0 Å². The molecule has 1 aromatic heterocycles. The first-order chi connectivity index (χ1) is 13.3. The summed E-state index contributed by atoms with van der Waals surface area (Å²) in [7, 11) is 3.75. The molecule has 27 heavy (non-hydrogen) atoms. The molecule has 2 heterocycles. The molecule has 2 aromatic carbocycles. The van der Waals surface area contributed by atoms with E-state index < -0.39 is 0 Å². The van der Waals surface area contributed by atoms with Crippen molar-refractivity contribution >= 4 is 21.4 Å². The summed E-state index contributed by atoms with van der Waals surface area (Å²) < 4.78 is 7.89. The molecule has 0 radical (unpaired) electrons. The second-order valence-electron chi connectivity index (χ2n) is 7.68. The molecule has 3 aromatic rings. The third-order valence-corrected chi connectivity index (χ3v) is 7.31. The van der Waals surface area contributed by atoms with Gasteiger partial charge < -0.3 is 10.1 Å². The lowest BCUT2D eigenvalue weighted by Gasteiger charge is -2.42. The molecule has 3 heteroatoms. The minimum absolute atomic E-state index is 0.0114. The van der Waals surface area contributed by atoms with E-state index in [0.717, 1.165) is 25.9 Å². The fourth-order valence-electron chi connectivity index (χ4n) is 4.64. The van der Waals surface area contributed by atoms with Crippen LogP contribution in [-0.4, -0.2) is 20.7 Å². The van der Waals surface area contributed by atoms with E-state index in [4.69, 9.17) is 4.74 Å². The summed E-state index contributed by atoms with van der Waals surface area (Å²) in [6.45, 7) is 0.879. The lowest BCUT2D eigenvalue weighted by molar-refractivity contribution is -0.0844. The zero-order valence-corrected chi connectivity index (χ0v) is 17.1. The van der Waals surface area contributed by atoms with Crippen molar-refractivity contribution in [1.29, 1.82) is 0 Å². The van der Waals surface area contributed by atoms with E-state index in [0.29, 0.717) is 5.92 Å². The topological polar surface area (TPSA) is 21.3 Å². The van der Waals surface area contributed by atoms with E-state index in [1.165, 1.54) is 33.4 Å². The molecule has 0 saturated heterocycles. The lowest BCUT2D eigenvalue weighted by Crippen LogP contribution is -2.37. The SMILES string of the molecule is CNC.c1ccc(C2CCC3(CC2)OCCc2c3sc3ccccc23)cc1. The molecule has 142 valence electrons. The molecule has 1 aliphatic heterocycles. The molecule has 1 N–H and O–H groups in total. The molecule has 1 fully saturated rings. The quantitative estimate of drug-likeness (QED) is 0.571. The van der Waals surface area contributed by atoms with Gasteiger partial charge in [-0.15, -0.1) is 11.3 Å². The largest absolute Gasteiger partial charge is 0.369 e. The number of hydrogen-bond acceptors (Lipinski definition) is 3. The van der Waals surface area contributed by atoms with Gasteiger partial charge in [0.25, 0.3) is 0 Å². The van der Waals surface area contributed by atoms with Crippen LogP contribution in [0.4, 0.5) is 0 Å². The third-order valence-electron chi connectivity index (χ3n) is 5.91. The molecule has 0 unspecified atom stereocenters. The minimum atomic E-state index is -0.0114. The number of ether oxygens (including phenoxy) is 1. The van der Waals surface area contributed by atoms with Gasteiger partial charge in [-0.2, -0.15) is 0 Å². The fourth-order valence-corrected chi connectivity index (χ4v) is 6.10. The number of benzene rings is 2. The maximum atomic E-state index is 6.46. The van der Waals surface area contributed by atoms with Gasteiger partial charge in [0, 0.05) is 9.58 Å². The van der Waals surface area contributed by atoms with Gasteiger partial charge in [0.15, 0.2) is 0 Å². The van der Waals surface area contributed by atoms with Crippen LogP contribution < -0.4 is 5.32 Å². The maximum Gasteiger partial charge on any atom is 0.103 e.